The molecule has 98 valence electrons. The summed E-state index contributed by atoms with van der Waals surface area (Å²) in [4.78, 5) is 6.23. The van der Waals surface area contributed by atoms with E-state index in [-0.39, 0.29) is 5.84 Å². The van der Waals surface area contributed by atoms with E-state index in [2.05, 4.69) is 28.9 Å². The first-order valence-electron chi connectivity index (χ1n) is 6.14. The first-order valence-corrected chi connectivity index (χ1v) is 6.14. The van der Waals surface area contributed by atoms with E-state index >= 15 is 0 Å². The first-order chi connectivity index (χ1) is 9.09. The molecule has 0 aliphatic rings. The van der Waals surface area contributed by atoms with Crippen molar-refractivity contribution in [3.63, 3.8) is 0 Å². The number of hydrogen-bond donors (Lipinski definition) is 2. The molecule has 0 aliphatic carbocycles. The highest BCUT2D eigenvalue weighted by Gasteiger charge is 2.11. The summed E-state index contributed by atoms with van der Waals surface area (Å²) in [6, 6.07) is 12.1. The van der Waals surface area contributed by atoms with Gasteiger partial charge in [0.1, 0.15) is 11.5 Å². The zero-order chi connectivity index (χ0) is 13.8. The third-order valence-electron chi connectivity index (χ3n) is 3.12. The van der Waals surface area contributed by atoms with E-state index in [1.807, 2.05) is 31.3 Å². The molecule has 0 aliphatic heterocycles. The molecule has 19 heavy (non-hydrogen) atoms. The van der Waals surface area contributed by atoms with Gasteiger partial charge in [0.05, 0.1) is 5.69 Å². The fourth-order valence-electron chi connectivity index (χ4n) is 2.04. The number of benzene rings is 1. The molecule has 0 radical (unpaired) electrons. The van der Waals surface area contributed by atoms with Crippen molar-refractivity contribution in [2.45, 2.75) is 13.5 Å². The van der Waals surface area contributed by atoms with E-state index in [4.69, 9.17) is 11.1 Å². The molecule has 0 bridgehead atoms. The lowest BCUT2D eigenvalue weighted by Crippen LogP contribution is -2.23. The molecule has 3 N–H and O–H groups in total. The van der Waals surface area contributed by atoms with Crippen LogP contribution in [0.25, 0.3) is 0 Å². The van der Waals surface area contributed by atoms with Gasteiger partial charge in [-0.3, -0.25) is 10.4 Å². The van der Waals surface area contributed by atoms with E-state index in [0.29, 0.717) is 5.69 Å². The Morgan fingerprint density at radius 2 is 2.00 bits per heavy atom. The molecule has 0 unspecified atom stereocenters. The van der Waals surface area contributed by atoms with Crippen LogP contribution in [-0.4, -0.2) is 17.9 Å². The fraction of sp³-hybridized carbons (Fsp3) is 0.200. The Kier molecular flexibility index (Phi) is 3.80. The van der Waals surface area contributed by atoms with Crippen molar-refractivity contribution < 1.29 is 0 Å². The van der Waals surface area contributed by atoms with Gasteiger partial charge in [-0.2, -0.15) is 0 Å². The maximum Gasteiger partial charge on any atom is 0.143 e. The smallest absolute Gasteiger partial charge is 0.143 e. The van der Waals surface area contributed by atoms with Crippen molar-refractivity contribution in [2.24, 2.45) is 5.73 Å². The number of nitrogens with zero attached hydrogens (tertiary/aromatic N) is 2. The number of amidine groups is 1. The SMILES string of the molecule is Cc1ccccc1CN(C)c1cccnc1C(=N)N. The van der Waals surface area contributed by atoms with Crippen LogP contribution in [0.15, 0.2) is 42.6 Å². The molecule has 0 spiro atoms. The second kappa shape index (κ2) is 5.52. The van der Waals surface area contributed by atoms with Gasteiger partial charge in [-0.25, -0.2) is 0 Å². The Labute approximate surface area is 113 Å². The zero-order valence-electron chi connectivity index (χ0n) is 11.2. The van der Waals surface area contributed by atoms with Gasteiger partial charge in [0.2, 0.25) is 0 Å². The van der Waals surface area contributed by atoms with Gasteiger partial charge in [-0.15, -0.1) is 0 Å². The Morgan fingerprint density at radius 1 is 1.26 bits per heavy atom. The second-order valence-electron chi connectivity index (χ2n) is 4.57. The number of anilines is 1. The van der Waals surface area contributed by atoms with E-state index in [9.17, 15) is 0 Å². The Hall–Kier alpha value is -2.36. The van der Waals surface area contributed by atoms with Crippen LogP contribution < -0.4 is 10.6 Å². The van der Waals surface area contributed by atoms with Gasteiger partial charge in [0.15, 0.2) is 0 Å². The number of rotatable bonds is 4. The van der Waals surface area contributed by atoms with Crippen LogP contribution in [0.3, 0.4) is 0 Å². The molecule has 2 rings (SSSR count). The minimum absolute atomic E-state index is 0.00719. The second-order valence-corrected chi connectivity index (χ2v) is 4.57. The molecule has 0 fully saturated rings. The summed E-state index contributed by atoms with van der Waals surface area (Å²) in [5.41, 5.74) is 9.48. The van der Waals surface area contributed by atoms with Crippen LogP contribution >= 0.6 is 0 Å². The summed E-state index contributed by atoms with van der Waals surface area (Å²) >= 11 is 0. The van der Waals surface area contributed by atoms with Crippen LogP contribution in [0.1, 0.15) is 16.8 Å². The molecule has 4 nitrogen and oxygen atoms in total. The molecule has 2 aromatic rings. The van der Waals surface area contributed by atoms with E-state index in [1.54, 1.807) is 6.20 Å². The monoisotopic (exact) mass is 254 g/mol. The molecule has 1 aromatic heterocycles. The molecule has 1 aromatic carbocycles. The van der Waals surface area contributed by atoms with Gasteiger partial charge >= 0.3 is 0 Å². The summed E-state index contributed by atoms with van der Waals surface area (Å²) in [6.45, 7) is 2.86. The van der Waals surface area contributed by atoms with Crippen LogP contribution in [0.4, 0.5) is 5.69 Å². The number of nitrogens with one attached hydrogen (secondary N) is 1. The van der Waals surface area contributed by atoms with Crippen molar-refractivity contribution in [3.05, 3.63) is 59.4 Å². The predicted octanol–water partition coefficient (Wildman–Crippen LogP) is 2.31. The van der Waals surface area contributed by atoms with Crippen molar-refractivity contribution in [1.29, 1.82) is 5.41 Å². The number of aromatic nitrogens is 1. The highest BCUT2D eigenvalue weighted by atomic mass is 15.1. The lowest BCUT2D eigenvalue weighted by atomic mass is 10.1. The van der Waals surface area contributed by atoms with Gasteiger partial charge < -0.3 is 10.6 Å². The lowest BCUT2D eigenvalue weighted by Gasteiger charge is -2.22. The topological polar surface area (TPSA) is 66.0 Å². The predicted molar refractivity (Wildman–Crippen MR) is 78.5 cm³/mol. The average molecular weight is 254 g/mol. The Bertz CT molecular complexity index is 592. The summed E-state index contributed by atoms with van der Waals surface area (Å²) in [7, 11) is 1.98. The van der Waals surface area contributed by atoms with E-state index < -0.39 is 0 Å². The van der Waals surface area contributed by atoms with E-state index in [0.717, 1.165) is 12.2 Å². The third-order valence-corrected chi connectivity index (χ3v) is 3.12. The lowest BCUT2D eigenvalue weighted by molar-refractivity contribution is 0.906. The maximum atomic E-state index is 7.58. The van der Waals surface area contributed by atoms with Gasteiger partial charge in [0.25, 0.3) is 0 Å². The van der Waals surface area contributed by atoms with Gasteiger partial charge in [-0.05, 0) is 30.2 Å². The molecule has 0 atom stereocenters. The first kappa shape index (κ1) is 13.1. The Balaban J connectivity index is 2.28. The third kappa shape index (κ3) is 2.91. The van der Waals surface area contributed by atoms with Gasteiger partial charge in [0, 0.05) is 19.8 Å². The molecule has 0 saturated heterocycles. The number of aryl methyl sites for hydroxylation is 1. The summed E-state index contributed by atoms with van der Waals surface area (Å²) < 4.78 is 0. The molecule has 0 saturated carbocycles. The highest BCUT2D eigenvalue weighted by molar-refractivity contribution is 5.98. The number of hydrogen-bond acceptors (Lipinski definition) is 3. The quantitative estimate of drug-likeness (QED) is 0.650. The zero-order valence-corrected chi connectivity index (χ0v) is 11.2. The van der Waals surface area contributed by atoms with E-state index in [1.165, 1.54) is 11.1 Å². The van der Waals surface area contributed by atoms with Crippen molar-refractivity contribution in [1.82, 2.24) is 4.98 Å². The van der Waals surface area contributed by atoms with Crippen LogP contribution in [-0.2, 0) is 6.54 Å². The molecule has 0 amide bonds. The van der Waals surface area contributed by atoms with Crippen LogP contribution in [0.5, 0.6) is 0 Å². The molecule has 4 heteroatoms. The normalized spacial score (nSPS) is 10.2. The van der Waals surface area contributed by atoms with Crippen molar-refractivity contribution >= 4 is 11.5 Å². The molecule has 1 heterocycles. The highest BCUT2D eigenvalue weighted by Crippen LogP contribution is 2.19. The fourth-order valence-corrected chi connectivity index (χ4v) is 2.04. The summed E-state index contributed by atoms with van der Waals surface area (Å²) in [5.74, 6) is -0.00719. The molecular weight excluding hydrogens is 236 g/mol. The van der Waals surface area contributed by atoms with Crippen molar-refractivity contribution in [2.75, 3.05) is 11.9 Å². The van der Waals surface area contributed by atoms with Crippen molar-refractivity contribution in [3.8, 4) is 0 Å². The average Bonchev–Trinajstić information content (AvgIpc) is 2.41. The summed E-state index contributed by atoms with van der Waals surface area (Å²) in [5, 5.41) is 7.58. The Morgan fingerprint density at radius 3 is 2.68 bits per heavy atom. The maximum absolute atomic E-state index is 7.58. The number of pyridine rings is 1. The number of nitrogen functional groups attached to an aromatic ring is 1. The van der Waals surface area contributed by atoms with Crippen LogP contribution in [0.2, 0.25) is 0 Å². The number of nitrogens with two attached hydrogens (primary N) is 1. The van der Waals surface area contributed by atoms with Crippen LogP contribution in [0, 0.1) is 12.3 Å². The minimum atomic E-state index is -0.00719. The standard InChI is InChI=1S/C15H18N4/c1-11-6-3-4-7-12(11)10-19(2)13-8-5-9-18-14(13)15(16)17/h3-9H,10H2,1-2H3,(H3,16,17). The summed E-state index contributed by atoms with van der Waals surface area (Å²) in [6.07, 6.45) is 1.65. The van der Waals surface area contributed by atoms with Gasteiger partial charge in [-0.1, -0.05) is 24.3 Å². The largest absolute Gasteiger partial charge is 0.382 e. The molecular formula is C15H18N4. The minimum Gasteiger partial charge on any atom is -0.382 e.